The summed E-state index contributed by atoms with van der Waals surface area (Å²) in [4.78, 5) is 13.1. The molecule has 0 aliphatic carbocycles. The molecule has 1 heterocycles. The minimum atomic E-state index is -0.928. The van der Waals surface area contributed by atoms with Crippen molar-refractivity contribution in [2.45, 2.75) is 25.9 Å². The van der Waals surface area contributed by atoms with Crippen LogP contribution in [0, 0.1) is 17.6 Å². The molecule has 1 aliphatic rings. The van der Waals surface area contributed by atoms with Crippen molar-refractivity contribution in [3.8, 4) is 0 Å². The predicted molar refractivity (Wildman–Crippen MR) is 72.9 cm³/mol. The second-order valence-electron chi connectivity index (χ2n) is 5.20. The molecule has 1 N–H and O–H groups in total. The fourth-order valence-corrected chi connectivity index (χ4v) is 2.92. The number of carbonyl (C=O) groups is 1. The normalized spacial score (nSPS) is 23.5. The zero-order chi connectivity index (χ0) is 15.6. The van der Waals surface area contributed by atoms with Gasteiger partial charge in [0.25, 0.3) is 0 Å². The van der Waals surface area contributed by atoms with Gasteiger partial charge < -0.3 is 9.84 Å². The molecule has 1 aromatic carbocycles. The average molecular weight is 299 g/mol. The number of halogens is 2. The quantitative estimate of drug-likeness (QED) is 0.907. The van der Waals surface area contributed by atoms with Crippen LogP contribution in [0.3, 0.4) is 0 Å². The molecule has 116 valence electrons. The van der Waals surface area contributed by atoms with Crippen LogP contribution in [-0.2, 0) is 9.53 Å². The van der Waals surface area contributed by atoms with Crippen LogP contribution >= 0.6 is 0 Å². The molecule has 0 saturated carbocycles. The average Bonchev–Trinajstić information content (AvgIpc) is 2.92. The first-order chi connectivity index (χ1) is 9.97. The van der Waals surface area contributed by atoms with Crippen molar-refractivity contribution in [2.75, 3.05) is 19.8 Å². The lowest BCUT2D eigenvalue weighted by atomic mass is 9.98. The first kappa shape index (κ1) is 15.9. The van der Waals surface area contributed by atoms with Gasteiger partial charge in [-0.1, -0.05) is 19.1 Å². The van der Waals surface area contributed by atoms with Crippen LogP contribution in [0.25, 0.3) is 0 Å². The van der Waals surface area contributed by atoms with E-state index in [0.717, 1.165) is 6.07 Å². The first-order valence-corrected chi connectivity index (χ1v) is 6.97. The predicted octanol–water partition coefficient (Wildman–Crippen LogP) is 2.45. The highest BCUT2D eigenvalue weighted by molar-refractivity contribution is 5.71. The molecule has 0 bridgehead atoms. The Morgan fingerprint density at radius 2 is 2.19 bits per heavy atom. The summed E-state index contributed by atoms with van der Waals surface area (Å²) in [5.74, 6) is -3.35. The maximum absolute atomic E-state index is 13.9. The van der Waals surface area contributed by atoms with E-state index in [1.807, 2.05) is 11.8 Å². The Kier molecular flexibility index (Phi) is 4.90. The Balaban J connectivity index is 2.28. The summed E-state index contributed by atoms with van der Waals surface area (Å²) in [5, 5.41) is 9.24. The van der Waals surface area contributed by atoms with E-state index in [-0.39, 0.29) is 24.8 Å². The maximum Gasteiger partial charge on any atom is 0.310 e. The van der Waals surface area contributed by atoms with E-state index >= 15 is 0 Å². The van der Waals surface area contributed by atoms with Gasteiger partial charge in [0, 0.05) is 17.6 Å². The molecule has 6 heteroatoms. The number of carboxylic acid groups (broad SMARTS) is 1. The van der Waals surface area contributed by atoms with Crippen LogP contribution in [0.2, 0.25) is 0 Å². The second-order valence-corrected chi connectivity index (χ2v) is 5.20. The van der Waals surface area contributed by atoms with Crippen molar-refractivity contribution >= 4 is 5.97 Å². The molecule has 0 radical (unpaired) electrons. The monoisotopic (exact) mass is 299 g/mol. The topological polar surface area (TPSA) is 49.8 Å². The molecule has 1 fully saturated rings. The highest BCUT2D eigenvalue weighted by Crippen LogP contribution is 2.30. The molecular formula is C15H19F2NO3. The lowest BCUT2D eigenvalue weighted by Crippen LogP contribution is -2.44. The molecule has 1 aliphatic heterocycles. The number of hydrogen-bond donors (Lipinski definition) is 1. The summed E-state index contributed by atoms with van der Waals surface area (Å²) in [6.07, 6.45) is 0. The van der Waals surface area contributed by atoms with Gasteiger partial charge in [0.15, 0.2) is 11.6 Å². The van der Waals surface area contributed by atoms with E-state index < -0.39 is 29.6 Å². The number of aliphatic carboxylic acids is 1. The van der Waals surface area contributed by atoms with Crippen LogP contribution in [-0.4, -0.2) is 41.8 Å². The molecule has 2 rings (SSSR count). The first-order valence-electron chi connectivity index (χ1n) is 6.97. The van der Waals surface area contributed by atoms with Crippen LogP contribution in [0.4, 0.5) is 8.78 Å². The van der Waals surface area contributed by atoms with Gasteiger partial charge in [0.1, 0.15) is 0 Å². The number of carboxylic acids is 1. The molecule has 1 saturated heterocycles. The van der Waals surface area contributed by atoms with Crippen molar-refractivity contribution in [1.82, 2.24) is 4.90 Å². The fraction of sp³-hybridized carbons (Fsp3) is 0.533. The highest BCUT2D eigenvalue weighted by Gasteiger charge is 2.39. The standard InChI is InChI=1S/C15H19F2NO3/c1-3-18(13-8-21-7-11(13)15(19)20)9(2)10-5-4-6-12(16)14(10)17/h4-6,9,11,13H,3,7-8H2,1-2H3,(H,19,20). The lowest BCUT2D eigenvalue weighted by Gasteiger charge is -2.35. The minimum Gasteiger partial charge on any atom is -0.481 e. The van der Waals surface area contributed by atoms with Gasteiger partial charge in [-0.15, -0.1) is 0 Å². The van der Waals surface area contributed by atoms with E-state index in [4.69, 9.17) is 4.74 Å². The van der Waals surface area contributed by atoms with E-state index in [2.05, 4.69) is 0 Å². The molecule has 1 aromatic rings. The zero-order valence-electron chi connectivity index (χ0n) is 12.1. The van der Waals surface area contributed by atoms with Crippen LogP contribution in [0.5, 0.6) is 0 Å². The van der Waals surface area contributed by atoms with Crippen LogP contribution < -0.4 is 0 Å². The molecule has 0 spiro atoms. The fourth-order valence-electron chi connectivity index (χ4n) is 2.92. The van der Waals surface area contributed by atoms with E-state index in [9.17, 15) is 18.7 Å². The van der Waals surface area contributed by atoms with Crippen LogP contribution in [0.15, 0.2) is 18.2 Å². The summed E-state index contributed by atoms with van der Waals surface area (Å²) in [5.41, 5.74) is 0.230. The van der Waals surface area contributed by atoms with Gasteiger partial charge in [-0.05, 0) is 19.5 Å². The Labute approximate surface area is 122 Å². The molecule has 21 heavy (non-hydrogen) atoms. The van der Waals surface area contributed by atoms with Crippen molar-refractivity contribution < 1.29 is 23.4 Å². The van der Waals surface area contributed by atoms with Crippen LogP contribution in [0.1, 0.15) is 25.5 Å². The molecule has 4 nitrogen and oxygen atoms in total. The van der Waals surface area contributed by atoms with E-state index in [1.165, 1.54) is 12.1 Å². The third-order valence-corrected chi connectivity index (χ3v) is 4.09. The summed E-state index contributed by atoms with van der Waals surface area (Å²) >= 11 is 0. The Morgan fingerprint density at radius 3 is 2.81 bits per heavy atom. The Morgan fingerprint density at radius 1 is 1.48 bits per heavy atom. The number of benzene rings is 1. The SMILES string of the molecule is CCN(C(C)c1cccc(F)c1F)C1COCC1C(=O)O. The molecular weight excluding hydrogens is 280 g/mol. The number of ether oxygens (including phenoxy) is 1. The zero-order valence-corrected chi connectivity index (χ0v) is 12.1. The minimum absolute atomic E-state index is 0.148. The van der Waals surface area contributed by atoms with E-state index in [1.54, 1.807) is 6.92 Å². The molecule has 0 aromatic heterocycles. The molecule has 3 unspecified atom stereocenters. The number of hydrogen-bond acceptors (Lipinski definition) is 3. The summed E-state index contributed by atoms with van der Waals surface area (Å²) in [6.45, 7) is 4.57. The number of rotatable bonds is 5. The lowest BCUT2D eigenvalue weighted by molar-refractivity contribution is -0.143. The molecule has 0 amide bonds. The van der Waals surface area contributed by atoms with Crippen molar-refractivity contribution in [3.63, 3.8) is 0 Å². The van der Waals surface area contributed by atoms with Gasteiger partial charge in [0.05, 0.1) is 19.1 Å². The smallest absolute Gasteiger partial charge is 0.310 e. The largest absolute Gasteiger partial charge is 0.481 e. The third-order valence-electron chi connectivity index (χ3n) is 4.09. The Hall–Kier alpha value is -1.53. The molecule has 3 atom stereocenters. The van der Waals surface area contributed by atoms with Gasteiger partial charge in [-0.3, -0.25) is 9.69 Å². The maximum atomic E-state index is 13.9. The highest BCUT2D eigenvalue weighted by atomic mass is 19.2. The van der Waals surface area contributed by atoms with Gasteiger partial charge in [-0.25, -0.2) is 8.78 Å². The van der Waals surface area contributed by atoms with E-state index in [0.29, 0.717) is 6.54 Å². The van der Waals surface area contributed by atoms with Crippen molar-refractivity contribution in [3.05, 3.63) is 35.4 Å². The number of likely N-dealkylation sites (N-methyl/N-ethyl adjacent to an activating group) is 1. The van der Waals surface area contributed by atoms with Crippen molar-refractivity contribution in [2.24, 2.45) is 5.92 Å². The summed E-state index contributed by atoms with van der Waals surface area (Å²) < 4.78 is 32.6. The summed E-state index contributed by atoms with van der Waals surface area (Å²) in [7, 11) is 0. The Bertz CT molecular complexity index is 524. The van der Waals surface area contributed by atoms with Crippen molar-refractivity contribution in [1.29, 1.82) is 0 Å². The third kappa shape index (κ3) is 3.06. The van der Waals surface area contributed by atoms with Gasteiger partial charge in [0.2, 0.25) is 0 Å². The van der Waals surface area contributed by atoms with Gasteiger partial charge >= 0.3 is 5.97 Å². The second kappa shape index (κ2) is 6.49. The summed E-state index contributed by atoms with van der Waals surface area (Å²) in [6, 6.07) is 3.28. The van der Waals surface area contributed by atoms with Gasteiger partial charge in [-0.2, -0.15) is 0 Å². The number of nitrogens with zero attached hydrogens (tertiary/aromatic N) is 1.